The standard InChI is InChI=1S/C18H13F3N2O2S/c1-11-2-8-14(9-3-11)26-10-15(24)12-4-6-13(7-5-12)16-22-17(25-23-16)18(19,20)21/h2-9H,10H2,1H3. The van der Waals surface area contributed by atoms with E-state index in [9.17, 15) is 18.0 Å². The summed E-state index contributed by atoms with van der Waals surface area (Å²) in [5, 5.41) is 3.32. The highest BCUT2D eigenvalue weighted by atomic mass is 32.2. The van der Waals surface area contributed by atoms with Gasteiger partial charge in [-0.3, -0.25) is 4.79 Å². The van der Waals surface area contributed by atoms with Gasteiger partial charge in [0.25, 0.3) is 0 Å². The van der Waals surface area contributed by atoms with Crippen molar-refractivity contribution in [1.29, 1.82) is 0 Å². The van der Waals surface area contributed by atoms with Crippen molar-refractivity contribution in [3.05, 3.63) is 65.5 Å². The number of halogens is 3. The molecule has 0 saturated heterocycles. The van der Waals surface area contributed by atoms with Gasteiger partial charge in [0.15, 0.2) is 5.78 Å². The third kappa shape index (κ3) is 4.32. The molecule has 26 heavy (non-hydrogen) atoms. The highest BCUT2D eigenvalue weighted by Crippen LogP contribution is 2.29. The van der Waals surface area contributed by atoms with E-state index < -0.39 is 12.1 Å². The number of alkyl halides is 3. The minimum Gasteiger partial charge on any atom is -0.329 e. The number of carbonyl (C=O) groups is 1. The van der Waals surface area contributed by atoms with Gasteiger partial charge < -0.3 is 4.52 Å². The first-order valence-electron chi connectivity index (χ1n) is 7.57. The van der Waals surface area contributed by atoms with E-state index >= 15 is 0 Å². The molecule has 0 aliphatic rings. The van der Waals surface area contributed by atoms with Gasteiger partial charge in [0.05, 0.1) is 5.75 Å². The number of hydrogen-bond acceptors (Lipinski definition) is 5. The van der Waals surface area contributed by atoms with Crippen LogP contribution in [0.2, 0.25) is 0 Å². The van der Waals surface area contributed by atoms with Crippen molar-refractivity contribution in [3.8, 4) is 11.4 Å². The molecule has 2 aromatic carbocycles. The van der Waals surface area contributed by atoms with Crippen LogP contribution in [-0.2, 0) is 6.18 Å². The van der Waals surface area contributed by atoms with Crippen molar-refractivity contribution in [3.63, 3.8) is 0 Å². The summed E-state index contributed by atoms with van der Waals surface area (Å²) in [6.45, 7) is 1.99. The lowest BCUT2D eigenvalue weighted by molar-refractivity contribution is -0.159. The molecule has 8 heteroatoms. The molecule has 3 rings (SSSR count). The fourth-order valence-electron chi connectivity index (χ4n) is 2.13. The third-order valence-electron chi connectivity index (χ3n) is 3.52. The summed E-state index contributed by atoms with van der Waals surface area (Å²) in [5.74, 6) is -1.39. The molecule has 1 heterocycles. The second kappa shape index (κ2) is 7.33. The number of aromatic nitrogens is 2. The number of Topliss-reactive ketones (excluding diaryl/α,β-unsaturated/α-hetero) is 1. The van der Waals surface area contributed by atoms with Crippen LogP contribution in [0.1, 0.15) is 21.8 Å². The van der Waals surface area contributed by atoms with Crippen molar-refractivity contribution in [2.24, 2.45) is 0 Å². The highest BCUT2D eigenvalue weighted by molar-refractivity contribution is 8.00. The number of thioether (sulfide) groups is 1. The number of hydrogen-bond donors (Lipinski definition) is 0. The molecule has 0 N–H and O–H groups in total. The van der Waals surface area contributed by atoms with E-state index in [-0.39, 0.29) is 17.4 Å². The second-order valence-electron chi connectivity index (χ2n) is 5.52. The van der Waals surface area contributed by atoms with Gasteiger partial charge in [0, 0.05) is 16.0 Å². The predicted molar refractivity (Wildman–Crippen MR) is 91.0 cm³/mol. The van der Waals surface area contributed by atoms with Crippen LogP contribution < -0.4 is 0 Å². The van der Waals surface area contributed by atoms with Crippen LogP contribution in [-0.4, -0.2) is 21.7 Å². The van der Waals surface area contributed by atoms with Gasteiger partial charge in [0.2, 0.25) is 5.82 Å². The van der Waals surface area contributed by atoms with Crippen molar-refractivity contribution in [2.75, 3.05) is 5.75 Å². The third-order valence-corrected chi connectivity index (χ3v) is 4.54. The normalized spacial score (nSPS) is 11.5. The summed E-state index contributed by atoms with van der Waals surface area (Å²) in [4.78, 5) is 16.6. The molecule has 3 aromatic rings. The SMILES string of the molecule is Cc1ccc(SCC(=O)c2ccc(-c3noc(C(F)(F)F)n3)cc2)cc1. The topological polar surface area (TPSA) is 56.0 Å². The van der Waals surface area contributed by atoms with Crippen molar-refractivity contribution >= 4 is 17.5 Å². The first kappa shape index (κ1) is 18.2. The predicted octanol–water partition coefficient (Wildman–Crippen LogP) is 5.04. The van der Waals surface area contributed by atoms with Crippen LogP contribution in [0.5, 0.6) is 0 Å². The highest BCUT2D eigenvalue weighted by Gasteiger charge is 2.38. The maximum atomic E-state index is 12.5. The van der Waals surface area contributed by atoms with Crippen LogP contribution in [0.15, 0.2) is 57.9 Å². The van der Waals surface area contributed by atoms with E-state index in [4.69, 9.17) is 0 Å². The number of aryl methyl sites for hydroxylation is 1. The monoisotopic (exact) mass is 378 g/mol. The van der Waals surface area contributed by atoms with Crippen molar-refractivity contribution < 1.29 is 22.5 Å². The lowest BCUT2D eigenvalue weighted by atomic mass is 10.1. The van der Waals surface area contributed by atoms with Crippen LogP contribution in [0.25, 0.3) is 11.4 Å². The van der Waals surface area contributed by atoms with E-state index in [0.717, 1.165) is 10.5 Å². The first-order chi connectivity index (χ1) is 12.3. The maximum Gasteiger partial charge on any atom is 0.471 e. The molecule has 1 aromatic heterocycles. The number of nitrogens with zero attached hydrogens (tertiary/aromatic N) is 2. The molecular weight excluding hydrogens is 365 g/mol. The smallest absolute Gasteiger partial charge is 0.329 e. The van der Waals surface area contributed by atoms with E-state index in [1.807, 2.05) is 31.2 Å². The minimum atomic E-state index is -4.69. The van der Waals surface area contributed by atoms with Gasteiger partial charge in [0.1, 0.15) is 0 Å². The van der Waals surface area contributed by atoms with E-state index in [1.54, 1.807) is 0 Å². The van der Waals surface area contributed by atoms with Gasteiger partial charge >= 0.3 is 12.1 Å². The second-order valence-corrected chi connectivity index (χ2v) is 6.57. The molecule has 0 bridgehead atoms. The summed E-state index contributed by atoms with van der Waals surface area (Å²) in [6, 6.07) is 13.9. The summed E-state index contributed by atoms with van der Waals surface area (Å²) in [5.41, 5.74) is 1.95. The Kier molecular flexibility index (Phi) is 5.13. The Labute approximate surface area is 151 Å². The molecule has 4 nitrogen and oxygen atoms in total. The molecule has 0 fully saturated rings. The maximum absolute atomic E-state index is 12.5. The Bertz CT molecular complexity index is 903. The number of rotatable bonds is 5. The Balaban J connectivity index is 1.66. The Morgan fingerprint density at radius 2 is 1.73 bits per heavy atom. The fraction of sp³-hybridized carbons (Fsp3) is 0.167. The zero-order valence-corrected chi connectivity index (χ0v) is 14.4. The Morgan fingerprint density at radius 3 is 2.31 bits per heavy atom. The fourth-order valence-corrected chi connectivity index (χ4v) is 2.92. The molecular formula is C18H13F3N2O2S. The van der Waals surface area contributed by atoms with Crippen LogP contribution in [0, 0.1) is 6.92 Å². The molecule has 134 valence electrons. The van der Waals surface area contributed by atoms with Crippen LogP contribution in [0.4, 0.5) is 13.2 Å². The summed E-state index contributed by atoms with van der Waals surface area (Å²) in [7, 11) is 0. The number of carbonyl (C=O) groups excluding carboxylic acids is 1. The van der Waals surface area contributed by atoms with Crippen molar-refractivity contribution in [2.45, 2.75) is 18.0 Å². The van der Waals surface area contributed by atoms with Gasteiger partial charge in [-0.05, 0) is 19.1 Å². The quantitative estimate of drug-likeness (QED) is 0.460. The Morgan fingerprint density at radius 1 is 1.08 bits per heavy atom. The van der Waals surface area contributed by atoms with E-state index in [0.29, 0.717) is 11.1 Å². The summed E-state index contributed by atoms with van der Waals surface area (Å²) in [6.07, 6.45) is -4.69. The van der Waals surface area contributed by atoms with E-state index in [1.165, 1.54) is 36.0 Å². The molecule has 0 radical (unpaired) electrons. The lowest BCUT2D eigenvalue weighted by Crippen LogP contribution is -2.05. The Hall–Kier alpha value is -2.61. The zero-order valence-electron chi connectivity index (χ0n) is 13.6. The first-order valence-corrected chi connectivity index (χ1v) is 8.55. The van der Waals surface area contributed by atoms with Gasteiger partial charge in [-0.25, -0.2) is 0 Å². The molecule has 0 atom stereocenters. The summed E-state index contributed by atoms with van der Waals surface area (Å²) >= 11 is 1.42. The van der Waals surface area contributed by atoms with Gasteiger partial charge in [-0.15, -0.1) is 11.8 Å². The number of benzene rings is 2. The zero-order chi connectivity index (χ0) is 18.7. The molecule has 0 spiro atoms. The summed E-state index contributed by atoms with van der Waals surface area (Å²) < 4.78 is 41.7. The van der Waals surface area contributed by atoms with Crippen molar-refractivity contribution in [1.82, 2.24) is 10.1 Å². The lowest BCUT2D eigenvalue weighted by Gasteiger charge is -2.03. The van der Waals surface area contributed by atoms with Gasteiger partial charge in [-0.2, -0.15) is 18.2 Å². The molecule has 0 aliphatic carbocycles. The molecule has 0 amide bonds. The van der Waals surface area contributed by atoms with E-state index in [2.05, 4.69) is 14.7 Å². The average Bonchev–Trinajstić information content (AvgIpc) is 3.12. The minimum absolute atomic E-state index is 0.0776. The van der Waals surface area contributed by atoms with Gasteiger partial charge in [-0.1, -0.05) is 47.1 Å². The molecule has 0 unspecified atom stereocenters. The van der Waals surface area contributed by atoms with Crippen LogP contribution >= 0.6 is 11.8 Å². The van der Waals surface area contributed by atoms with Crippen LogP contribution in [0.3, 0.4) is 0 Å². The number of ketones is 1. The molecule has 0 saturated carbocycles. The molecule has 0 aliphatic heterocycles. The average molecular weight is 378 g/mol. The largest absolute Gasteiger partial charge is 0.471 e.